The van der Waals surface area contributed by atoms with Crippen molar-refractivity contribution in [2.45, 2.75) is 11.4 Å². The molecule has 2 atom stereocenters. The summed E-state index contributed by atoms with van der Waals surface area (Å²) < 4.78 is 18.3. The van der Waals surface area contributed by atoms with Crippen molar-refractivity contribution in [1.82, 2.24) is 0 Å². The first-order valence-electron chi connectivity index (χ1n) is 5.92. The Labute approximate surface area is 114 Å². The summed E-state index contributed by atoms with van der Waals surface area (Å²) in [6.45, 7) is 0. The Balaban J connectivity index is 1.95. The van der Waals surface area contributed by atoms with E-state index in [-0.39, 0.29) is 22.5 Å². The normalized spacial score (nSPS) is 22.3. The molecule has 2 aromatic carbocycles. The fraction of sp³-hybridized carbons (Fsp3) is 0.133. The molecular weight excluding hydrogens is 263 g/mol. The Morgan fingerprint density at radius 2 is 1.63 bits per heavy atom. The standard InChI is InChI=1S/C15H11FO2S/c16-12-8-6-10(7-9-12)13-14(19-15(17)18-13)11-4-2-1-3-5-11/h1-9,13-14H/t13-,14-/m0/s1. The summed E-state index contributed by atoms with van der Waals surface area (Å²) in [7, 11) is 0. The van der Waals surface area contributed by atoms with E-state index in [1.54, 1.807) is 12.1 Å². The number of benzene rings is 2. The van der Waals surface area contributed by atoms with Gasteiger partial charge in [-0.25, -0.2) is 9.18 Å². The predicted octanol–water partition coefficient (Wildman–Crippen LogP) is 4.49. The van der Waals surface area contributed by atoms with E-state index in [0.717, 1.165) is 11.1 Å². The highest BCUT2D eigenvalue weighted by molar-refractivity contribution is 8.13. The Morgan fingerprint density at radius 3 is 2.32 bits per heavy atom. The van der Waals surface area contributed by atoms with Crippen molar-refractivity contribution in [3.05, 3.63) is 71.5 Å². The van der Waals surface area contributed by atoms with Crippen LogP contribution >= 0.6 is 11.8 Å². The number of halogens is 1. The molecule has 4 heteroatoms. The van der Waals surface area contributed by atoms with E-state index in [4.69, 9.17) is 4.74 Å². The number of ether oxygens (including phenoxy) is 1. The Morgan fingerprint density at radius 1 is 0.947 bits per heavy atom. The minimum atomic E-state index is -0.361. The van der Waals surface area contributed by atoms with E-state index < -0.39 is 0 Å². The van der Waals surface area contributed by atoms with Gasteiger partial charge in [0.1, 0.15) is 11.9 Å². The molecule has 0 unspecified atom stereocenters. The lowest BCUT2D eigenvalue weighted by Gasteiger charge is -2.17. The molecule has 0 amide bonds. The molecule has 1 fully saturated rings. The fourth-order valence-electron chi connectivity index (χ4n) is 2.14. The smallest absolute Gasteiger partial charge is 0.368 e. The molecular formula is C15H11FO2S. The van der Waals surface area contributed by atoms with Gasteiger partial charge in [-0.1, -0.05) is 42.5 Å². The van der Waals surface area contributed by atoms with Crippen LogP contribution in [0.2, 0.25) is 0 Å². The average Bonchev–Trinajstić information content (AvgIpc) is 2.83. The van der Waals surface area contributed by atoms with Crippen molar-refractivity contribution in [3.63, 3.8) is 0 Å². The SMILES string of the molecule is O=C1O[C@@H](c2ccc(F)cc2)[C@H](c2ccccc2)S1. The van der Waals surface area contributed by atoms with Crippen LogP contribution in [0, 0.1) is 5.82 Å². The highest BCUT2D eigenvalue weighted by Crippen LogP contribution is 2.49. The van der Waals surface area contributed by atoms with E-state index in [9.17, 15) is 9.18 Å². The summed E-state index contributed by atoms with van der Waals surface area (Å²) in [6, 6.07) is 15.8. The largest absolute Gasteiger partial charge is 0.448 e. The minimum absolute atomic E-state index is 0.0841. The van der Waals surface area contributed by atoms with Crippen molar-refractivity contribution in [2.75, 3.05) is 0 Å². The highest BCUT2D eigenvalue weighted by Gasteiger charge is 2.37. The van der Waals surface area contributed by atoms with Crippen LogP contribution in [0.4, 0.5) is 9.18 Å². The molecule has 2 aromatic rings. The van der Waals surface area contributed by atoms with Gasteiger partial charge in [0.2, 0.25) is 0 Å². The summed E-state index contributed by atoms with van der Waals surface area (Å²) in [6.07, 6.45) is -0.361. The molecule has 1 heterocycles. The number of hydrogen-bond acceptors (Lipinski definition) is 3. The molecule has 19 heavy (non-hydrogen) atoms. The molecule has 0 aromatic heterocycles. The van der Waals surface area contributed by atoms with Crippen LogP contribution in [-0.2, 0) is 4.74 Å². The second-order valence-electron chi connectivity index (χ2n) is 4.29. The second kappa shape index (κ2) is 5.05. The zero-order valence-corrected chi connectivity index (χ0v) is 10.8. The molecule has 0 bridgehead atoms. The summed E-state index contributed by atoms with van der Waals surface area (Å²) in [4.78, 5) is 11.5. The quantitative estimate of drug-likeness (QED) is 0.755. The van der Waals surface area contributed by atoms with Gasteiger partial charge in [0.15, 0.2) is 0 Å². The van der Waals surface area contributed by atoms with Crippen LogP contribution in [0.3, 0.4) is 0 Å². The Bertz CT molecular complexity index is 583. The molecule has 0 saturated carbocycles. The Kier molecular flexibility index (Phi) is 3.25. The number of thioether (sulfide) groups is 1. The van der Waals surface area contributed by atoms with E-state index in [1.165, 1.54) is 23.9 Å². The second-order valence-corrected chi connectivity index (χ2v) is 5.37. The van der Waals surface area contributed by atoms with E-state index in [1.807, 2.05) is 30.3 Å². The van der Waals surface area contributed by atoms with Crippen molar-refractivity contribution < 1.29 is 13.9 Å². The molecule has 0 N–H and O–H groups in total. The van der Waals surface area contributed by atoms with Gasteiger partial charge >= 0.3 is 5.30 Å². The van der Waals surface area contributed by atoms with Gasteiger partial charge in [0, 0.05) is 0 Å². The third-order valence-electron chi connectivity index (χ3n) is 3.05. The van der Waals surface area contributed by atoms with E-state index in [2.05, 4.69) is 0 Å². The third-order valence-corrected chi connectivity index (χ3v) is 4.11. The van der Waals surface area contributed by atoms with Crippen LogP contribution in [0.1, 0.15) is 22.5 Å². The number of carbonyl (C=O) groups is 1. The Hall–Kier alpha value is -1.81. The molecule has 1 aliphatic heterocycles. The maximum atomic E-state index is 13.0. The summed E-state index contributed by atoms with van der Waals surface area (Å²) >= 11 is 1.17. The monoisotopic (exact) mass is 274 g/mol. The molecule has 2 nitrogen and oxygen atoms in total. The van der Waals surface area contributed by atoms with Gasteiger partial charge in [-0.2, -0.15) is 0 Å². The minimum Gasteiger partial charge on any atom is -0.448 e. The fourth-order valence-corrected chi connectivity index (χ4v) is 3.14. The zero-order valence-electron chi connectivity index (χ0n) is 9.95. The van der Waals surface area contributed by atoms with Crippen LogP contribution in [-0.4, -0.2) is 5.30 Å². The summed E-state index contributed by atoms with van der Waals surface area (Å²) in [5.41, 5.74) is 1.85. The van der Waals surface area contributed by atoms with E-state index in [0.29, 0.717) is 0 Å². The number of cyclic esters (lactones) is 1. The third kappa shape index (κ3) is 2.49. The zero-order chi connectivity index (χ0) is 13.2. The predicted molar refractivity (Wildman–Crippen MR) is 72.4 cm³/mol. The maximum Gasteiger partial charge on any atom is 0.368 e. The van der Waals surface area contributed by atoms with Crippen molar-refractivity contribution in [1.29, 1.82) is 0 Å². The molecule has 0 aliphatic carbocycles. The van der Waals surface area contributed by atoms with Crippen molar-refractivity contribution >= 4 is 17.1 Å². The first-order valence-corrected chi connectivity index (χ1v) is 6.80. The first kappa shape index (κ1) is 12.2. The molecule has 0 radical (unpaired) electrons. The van der Waals surface area contributed by atoms with Crippen molar-refractivity contribution in [3.8, 4) is 0 Å². The van der Waals surface area contributed by atoms with Crippen LogP contribution in [0.5, 0.6) is 0 Å². The van der Waals surface area contributed by atoms with Crippen LogP contribution in [0.15, 0.2) is 54.6 Å². The van der Waals surface area contributed by atoms with Gasteiger partial charge in [0.25, 0.3) is 0 Å². The van der Waals surface area contributed by atoms with Crippen LogP contribution in [0.25, 0.3) is 0 Å². The molecule has 96 valence electrons. The number of rotatable bonds is 2. The van der Waals surface area contributed by atoms with Crippen molar-refractivity contribution in [2.24, 2.45) is 0 Å². The topological polar surface area (TPSA) is 26.3 Å². The summed E-state index contributed by atoms with van der Waals surface area (Å²) in [5, 5.41) is -0.373. The molecule has 0 spiro atoms. The van der Waals surface area contributed by atoms with Crippen LogP contribution < -0.4 is 0 Å². The molecule has 3 rings (SSSR count). The number of carbonyl (C=O) groups excluding carboxylic acids is 1. The average molecular weight is 274 g/mol. The lowest BCUT2D eigenvalue weighted by atomic mass is 10.0. The highest BCUT2D eigenvalue weighted by atomic mass is 32.2. The maximum absolute atomic E-state index is 13.0. The lowest BCUT2D eigenvalue weighted by molar-refractivity contribution is 0.133. The first-order chi connectivity index (χ1) is 9.24. The van der Waals surface area contributed by atoms with Gasteiger partial charge in [-0.05, 0) is 35.0 Å². The van der Waals surface area contributed by atoms with Gasteiger partial charge in [-0.15, -0.1) is 0 Å². The summed E-state index contributed by atoms with van der Waals surface area (Å²) in [5.74, 6) is -0.294. The van der Waals surface area contributed by atoms with Gasteiger partial charge in [-0.3, -0.25) is 0 Å². The molecule has 1 aliphatic rings. The molecule has 1 saturated heterocycles. The number of hydrogen-bond donors (Lipinski definition) is 0. The lowest BCUT2D eigenvalue weighted by Crippen LogP contribution is -2.05. The van der Waals surface area contributed by atoms with Gasteiger partial charge < -0.3 is 4.74 Å². The van der Waals surface area contributed by atoms with Gasteiger partial charge in [0.05, 0.1) is 5.25 Å². The van der Waals surface area contributed by atoms with E-state index >= 15 is 0 Å².